The van der Waals surface area contributed by atoms with Gasteiger partial charge in [-0.3, -0.25) is 9.59 Å². The summed E-state index contributed by atoms with van der Waals surface area (Å²) in [6.07, 6.45) is -0.654. The molecule has 0 saturated carbocycles. The molecule has 1 aliphatic heterocycles. The molecule has 1 fully saturated rings. The number of aryl methyl sites for hydroxylation is 1. The number of carboxylic acids is 1. The van der Waals surface area contributed by atoms with E-state index in [2.05, 4.69) is 22.5 Å². The number of amides is 1. The number of rotatable bonds is 10. The van der Waals surface area contributed by atoms with E-state index < -0.39 is 57.1 Å². The van der Waals surface area contributed by atoms with Crippen LogP contribution in [0.25, 0.3) is 11.1 Å². The third-order valence-corrected chi connectivity index (χ3v) is 9.74. The predicted molar refractivity (Wildman–Crippen MR) is 199 cm³/mol. The Balaban J connectivity index is 0.000000908. The van der Waals surface area contributed by atoms with Gasteiger partial charge in [-0.05, 0) is 92.5 Å². The number of benzene rings is 3. The van der Waals surface area contributed by atoms with Crippen molar-refractivity contribution < 1.29 is 54.6 Å². The van der Waals surface area contributed by atoms with Crippen molar-refractivity contribution in [2.75, 3.05) is 31.7 Å². The zero-order valence-electron chi connectivity index (χ0n) is 30.3. The van der Waals surface area contributed by atoms with Gasteiger partial charge in [0.1, 0.15) is 28.1 Å². The fourth-order valence-electron chi connectivity index (χ4n) is 5.87. The largest absolute Gasteiger partial charge is 0.490 e. The van der Waals surface area contributed by atoms with Crippen LogP contribution in [-0.2, 0) is 26.4 Å². The average molecular weight is 822 g/mol. The zero-order valence-corrected chi connectivity index (χ0v) is 31.8. The number of hydrogen-bond donors (Lipinski definition) is 3. The van der Waals surface area contributed by atoms with Crippen molar-refractivity contribution in [3.8, 4) is 23.0 Å². The summed E-state index contributed by atoms with van der Waals surface area (Å²) in [5, 5.41) is 13.5. The van der Waals surface area contributed by atoms with E-state index in [4.69, 9.17) is 26.2 Å². The highest BCUT2D eigenvalue weighted by Crippen LogP contribution is 2.36. The Hall–Kier alpha value is -5.08. The van der Waals surface area contributed by atoms with Crippen molar-refractivity contribution in [2.45, 2.75) is 38.1 Å². The standard InChI is InChI=1S/C37H36ClF2N3O5S.C2HF3O2/c1-23-30(39)13-14-31(40)33(23)34-29(37(45)42-32(22-49(3,46)47)26-7-4-8-27(38)20-26)21-43(2)35(34)36(44)25-11-9-24(10-12-25)6-5-19-48-28-15-17-41-18-16-28;3-2(4,5)1(6)7/h4,7-14,20-21,28,32,41H,15-19,22H2,1-3H3,(H,42,45);(H,6,7)/t32-;/m0./s1. The molecule has 1 aromatic heterocycles. The summed E-state index contributed by atoms with van der Waals surface area (Å²) < 4.78 is 94.2. The predicted octanol–water partition coefficient (Wildman–Crippen LogP) is 6.43. The number of piperidine rings is 1. The summed E-state index contributed by atoms with van der Waals surface area (Å²) in [5.41, 5.74) is 0.625. The normalized spacial score (nSPS) is 13.8. The van der Waals surface area contributed by atoms with E-state index in [-0.39, 0.29) is 46.2 Å². The van der Waals surface area contributed by atoms with Crippen LogP contribution in [-0.4, -0.2) is 79.7 Å². The van der Waals surface area contributed by atoms with Gasteiger partial charge in [0.15, 0.2) is 0 Å². The first-order valence-corrected chi connectivity index (χ1v) is 19.3. The lowest BCUT2D eigenvalue weighted by molar-refractivity contribution is -0.192. The topological polar surface area (TPSA) is 144 Å². The number of ketones is 1. The SMILES string of the molecule is Cc1c(F)ccc(F)c1-c1c(C(=O)N[C@@H](CS(C)(=O)=O)c2cccc(Cl)c2)cn(C)c1C(=O)c1ccc(C#CCOC2CCNCC2)cc1.O=C(O)C(F)(F)F. The molecule has 4 aromatic rings. The van der Waals surface area contributed by atoms with Crippen LogP contribution in [0.15, 0.2) is 66.9 Å². The second-order valence-corrected chi connectivity index (χ2v) is 15.5. The Morgan fingerprint density at radius 2 is 1.66 bits per heavy atom. The molecule has 0 unspecified atom stereocenters. The summed E-state index contributed by atoms with van der Waals surface area (Å²) in [6.45, 7) is 3.47. The van der Waals surface area contributed by atoms with E-state index in [1.54, 1.807) is 42.5 Å². The summed E-state index contributed by atoms with van der Waals surface area (Å²) >= 11 is 6.16. The Labute approximate surface area is 324 Å². The van der Waals surface area contributed by atoms with Crippen LogP contribution in [0.1, 0.15) is 62.0 Å². The number of ether oxygens (including phenoxy) is 1. The number of hydrogen-bond acceptors (Lipinski definition) is 7. The fourth-order valence-corrected chi connectivity index (χ4v) is 6.95. The molecule has 3 N–H and O–H groups in total. The Morgan fingerprint density at radius 1 is 1.04 bits per heavy atom. The molecule has 0 bridgehead atoms. The number of aliphatic carboxylic acids is 1. The number of carbonyl (C=O) groups excluding carboxylic acids is 2. The lowest BCUT2D eigenvalue weighted by Crippen LogP contribution is -2.33. The summed E-state index contributed by atoms with van der Waals surface area (Å²) in [6, 6.07) is 13.7. The van der Waals surface area contributed by atoms with Crippen molar-refractivity contribution in [2.24, 2.45) is 7.05 Å². The molecule has 1 amide bonds. The highest BCUT2D eigenvalue weighted by molar-refractivity contribution is 7.90. The molecule has 2 heterocycles. The van der Waals surface area contributed by atoms with E-state index >= 15 is 4.39 Å². The molecular weight excluding hydrogens is 785 g/mol. The highest BCUT2D eigenvalue weighted by Gasteiger charge is 2.38. The number of alkyl halides is 3. The van der Waals surface area contributed by atoms with Gasteiger partial charge in [-0.15, -0.1) is 0 Å². The monoisotopic (exact) mass is 821 g/mol. The summed E-state index contributed by atoms with van der Waals surface area (Å²) in [5.74, 6) is -0.0978. The minimum atomic E-state index is -5.08. The molecule has 298 valence electrons. The smallest absolute Gasteiger partial charge is 0.475 e. The van der Waals surface area contributed by atoms with Crippen LogP contribution in [0.5, 0.6) is 0 Å². The van der Waals surface area contributed by atoms with E-state index in [1.165, 1.54) is 30.8 Å². The quantitative estimate of drug-likeness (QED) is 0.0944. The second-order valence-electron chi connectivity index (χ2n) is 12.9. The minimum absolute atomic E-state index is 0.0608. The van der Waals surface area contributed by atoms with Crippen LogP contribution in [0.2, 0.25) is 5.02 Å². The number of halogens is 6. The van der Waals surface area contributed by atoms with Crippen LogP contribution in [0.3, 0.4) is 0 Å². The third-order valence-electron chi connectivity index (χ3n) is 8.56. The lowest BCUT2D eigenvalue weighted by Gasteiger charge is -2.21. The van der Waals surface area contributed by atoms with Crippen molar-refractivity contribution in [1.82, 2.24) is 15.2 Å². The van der Waals surface area contributed by atoms with Gasteiger partial charge < -0.3 is 25.0 Å². The molecule has 1 saturated heterocycles. The molecule has 0 radical (unpaired) electrons. The van der Waals surface area contributed by atoms with E-state index in [0.717, 1.165) is 44.3 Å². The zero-order chi connectivity index (χ0) is 41.4. The number of sulfone groups is 1. The van der Waals surface area contributed by atoms with Crippen molar-refractivity contribution in [1.29, 1.82) is 0 Å². The van der Waals surface area contributed by atoms with E-state index in [1.807, 2.05) is 0 Å². The van der Waals surface area contributed by atoms with E-state index in [0.29, 0.717) is 16.1 Å². The van der Waals surface area contributed by atoms with Gasteiger partial charge in [0, 0.05) is 46.8 Å². The average Bonchev–Trinajstić information content (AvgIpc) is 3.47. The Bertz CT molecular complexity index is 2260. The summed E-state index contributed by atoms with van der Waals surface area (Å²) in [7, 11) is -2.09. The molecule has 3 aromatic carbocycles. The van der Waals surface area contributed by atoms with E-state index in [9.17, 15) is 35.6 Å². The van der Waals surface area contributed by atoms with Crippen LogP contribution < -0.4 is 10.6 Å². The molecule has 17 heteroatoms. The van der Waals surface area contributed by atoms with Crippen LogP contribution in [0, 0.1) is 30.4 Å². The van der Waals surface area contributed by atoms with Crippen molar-refractivity contribution >= 4 is 39.1 Å². The first-order chi connectivity index (χ1) is 26.3. The van der Waals surface area contributed by atoms with Gasteiger partial charge in [-0.25, -0.2) is 22.0 Å². The molecule has 56 heavy (non-hydrogen) atoms. The van der Waals surface area contributed by atoms with Gasteiger partial charge in [0.25, 0.3) is 5.91 Å². The molecular formula is C39H37ClF5N3O7S. The molecule has 5 rings (SSSR count). The number of carboxylic acid groups (broad SMARTS) is 1. The number of aromatic nitrogens is 1. The third kappa shape index (κ3) is 11.7. The fraction of sp³-hybridized carbons (Fsp3) is 0.308. The summed E-state index contributed by atoms with van der Waals surface area (Å²) in [4.78, 5) is 37.0. The van der Waals surface area contributed by atoms with Gasteiger partial charge in [0.2, 0.25) is 5.78 Å². The minimum Gasteiger partial charge on any atom is -0.475 e. The van der Waals surface area contributed by atoms with Gasteiger partial charge in [0.05, 0.1) is 29.2 Å². The van der Waals surface area contributed by atoms with Crippen molar-refractivity contribution in [3.05, 3.63) is 117 Å². The first kappa shape index (κ1) is 43.6. The maximum absolute atomic E-state index is 15.6. The molecule has 1 atom stereocenters. The molecule has 0 aliphatic carbocycles. The highest BCUT2D eigenvalue weighted by atomic mass is 35.5. The Kier molecular flexibility index (Phi) is 14.6. The van der Waals surface area contributed by atoms with Gasteiger partial charge >= 0.3 is 12.1 Å². The lowest BCUT2D eigenvalue weighted by atomic mass is 9.92. The van der Waals surface area contributed by atoms with Gasteiger partial charge in [-0.1, -0.05) is 35.6 Å². The first-order valence-electron chi connectivity index (χ1n) is 16.9. The van der Waals surface area contributed by atoms with Gasteiger partial charge in [-0.2, -0.15) is 13.2 Å². The number of nitrogens with zero attached hydrogens (tertiary/aromatic N) is 1. The van der Waals surface area contributed by atoms with Crippen LogP contribution >= 0.6 is 11.6 Å². The number of carbonyl (C=O) groups is 3. The Morgan fingerprint density at radius 3 is 2.25 bits per heavy atom. The molecule has 1 aliphatic rings. The molecule has 10 nitrogen and oxygen atoms in total. The molecule has 0 spiro atoms. The maximum Gasteiger partial charge on any atom is 0.490 e. The number of nitrogens with one attached hydrogen (secondary N) is 2. The second kappa shape index (κ2) is 18.7. The maximum atomic E-state index is 15.6. The van der Waals surface area contributed by atoms with Crippen molar-refractivity contribution in [3.63, 3.8) is 0 Å². The van der Waals surface area contributed by atoms with Crippen LogP contribution in [0.4, 0.5) is 22.0 Å².